The van der Waals surface area contributed by atoms with Gasteiger partial charge in [0.15, 0.2) is 11.0 Å². The molecule has 10 nitrogen and oxygen atoms in total. The molecule has 1 amide bonds. The third-order valence-electron chi connectivity index (χ3n) is 5.85. The molecule has 216 valence electrons. The molecule has 1 N–H and O–H groups in total. The van der Waals surface area contributed by atoms with Crippen LogP contribution in [0.4, 0.5) is 18.9 Å². The molecule has 0 aliphatic carbocycles. The van der Waals surface area contributed by atoms with Crippen molar-refractivity contribution in [1.82, 2.24) is 20.2 Å². The number of ether oxygens (including phenoxy) is 1. The highest BCUT2D eigenvalue weighted by Gasteiger charge is 2.32. The highest BCUT2D eigenvalue weighted by atomic mass is 32.2. The Morgan fingerprint density at radius 3 is 2.60 bits per heavy atom. The number of halogens is 3. The Balaban J connectivity index is 1.21. The Hall–Kier alpha value is -5.07. The summed E-state index contributed by atoms with van der Waals surface area (Å²) in [6.45, 7) is 1.87. The van der Waals surface area contributed by atoms with Crippen LogP contribution in [0.3, 0.4) is 0 Å². The summed E-state index contributed by atoms with van der Waals surface area (Å²) in [4.78, 5) is 22.6. The maximum absolute atomic E-state index is 12.6. The minimum Gasteiger partial charge on any atom is -0.406 e. The lowest BCUT2D eigenvalue weighted by atomic mass is 10.1. The van der Waals surface area contributed by atoms with E-state index in [0.29, 0.717) is 33.5 Å². The maximum Gasteiger partial charge on any atom is 0.573 e. The third-order valence-corrected chi connectivity index (χ3v) is 6.95. The molecule has 3 aromatic carbocycles. The number of thiocarbonyl (C=S) groups is 1. The molecular formula is C28H19F3N8O2S2. The van der Waals surface area contributed by atoms with Crippen LogP contribution in [0, 0.1) is 18.3 Å². The molecule has 1 aliphatic rings. The fraction of sp³-hybridized carbons (Fsp3) is 0.107. The number of alkyl halides is 3. The number of anilines is 1. The zero-order valence-electron chi connectivity index (χ0n) is 22.1. The first kappa shape index (κ1) is 29.4. The number of amides is 1. The van der Waals surface area contributed by atoms with Crippen LogP contribution in [0.15, 0.2) is 83.2 Å². The van der Waals surface area contributed by atoms with E-state index in [1.54, 1.807) is 42.5 Å². The Morgan fingerprint density at radius 2 is 1.91 bits per heavy atom. The molecular weight excluding hydrogens is 601 g/mol. The maximum atomic E-state index is 12.6. The number of hydrogen-bond acceptors (Lipinski definition) is 8. The van der Waals surface area contributed by atoms with Gasteiger partial charge >= 0.3 is 6.36 Å². The molecule has 0 radical (unpaired) electrons. The van der Waals surface area contributed by atoms with Crippen LogP contribution in [0.2, 0.25) is 0 Å². The number of carbonyl (C=O) groups excluding carboxylic acids is 1. The largest absolute Gasteiger partial charge is 0.573 e. The van der Waals surface area contributed by atoms with Crippen molar-refractivity contribution in [3.8, 4) is 28.9 Å². The topological polar surface area (TPSA) is 121 Å². The normalized spacial score (nSPS) is 14.3. The van der Waals surface area contributed by atoms with Crippen LogP contribution in [0.1, 0.15) is 16.7 Å². The predicted octanol–water partition coefficient (Wildman–Crippen LogP) is 5.36. The smallest absolute Gasteiger partial charge is 0.406 e. The number of nitrogens with one attached hydrogen (secondary N) is 1. The fourth-order valence-corrected chi connectivity index (χ4v) is 4.98. The average Bonchev–Trinajstić information content (AvgIpc) is 3.60. The highest BCUT2D eigenvalue weighted by Crippen LogP contribution is 2.30. The lowest BCUT2D eigenvalue weighted by molar-refractivity contribution is -0.274. The number of hydrogen-bond donors (Lipinski definition) is 1. The van der Waals surface area contributed by atoms with Gasteiger partial charge in [0.05, 0.1) is 28.9 Å². The fourth-order valence-electron chi connectivity index (χ4n) is 3.92. The number of hydrazone groups is 1. The molecule has 0 unspecified atom stereocenters. The Labute approximate surface area is 252 Å². The summed E-state index contributed by atoms with van der Waals surface area (Å²) in [5.41, 5.74) is 6.32. The van der Waals surface area contributed by atoms with E-state index in [1.165, 1.54) is 58.2 Å². The van der Waals surface area contributed by atoms with E-state index in [-0.39, 0.29) is 22.5 Å². The summed E-state index contributed by atoms with van der Waals surface area (Å²) in [5, 5.41) is 18.4. The molecule has 4 aromatic rings. The van der Waals surface area contributed by atoms with Gasteiger partial charge in [-0.25, -0.2) is 9.67 Å². The number of nitriles is 1. The van der Waals surface area contributed by atoms with Gasteiger partial charge in [0.1, 0.15) is 18.1 Å². The van der Waals surface area contributed by atoms with Crippen molar-refractivity contribution >= 4 is 52.1 Å². The van der Waals surface area contributed by atoms with Gasteiger partial charge in [0, 0.05) is 5.56 Å². The Kier molecular flexibility index (Phi) is 8.51. The van der Waals surface area contributed by atoms with Crippen molar-refractivity contribution in [2.45, 2.75) is 13.3 Å². The molecule has 1 aromatic heterocycles. The first-order valence-electron chi connectivity index (χ1n) is 12.4. The Bertz CT molecular complexity index is 1780. The molecule has 43 heavy (non-hydrogen) atoms. The molecule has 1 saturated heterocycles. The number of benzene rings is 3. The van der Waals surface area contributed by atoms with Crippen molar-refractivity contribution in [1.29, 1.82) is 5.26 Å². The van der Waals surface area contributed by atoms with Gasteiger partial charge in [-0.15, -0.1) is 18.3 Å². The summed E-state index contributed by atoms with van der Waals surface area (Å²) in [6, 6.07) is 19.7. The van der Waals surface area contributed by atoms with Gasteiger partial charge in [-0.1, -0.05) is 42.1 Å². The molecule has 2 heterocycles. The quantitative estimate of drug-likeness (QED) is 0.174. The number of rotatable bonds is 6. The Morgan fingerprint density at radius 1 is 1.16 bits per heavy atom. The zero-order chi connectivity index (χ0) is 30.6. The van der Waals surface area contributed by atoms with Crippen LogP contribution < -0.4 is 15.1 Å². The minimum atomic E-state index is -4.76. The summed E-state index contributed by atoms with van der Waals surface area (Å²) >= 11 is 6.50. The van der Waals surface area contributed by atoms with Gasteiger partial charge in [0.25, 0.3) is 0 Å². The van der Waals surface area contributed by atoms with Crippen LogP contribution in [-0.2, 0) is 4.79 Å². The lowest BCUT2D eigenvalue weighted by Crippen LogP contribution is -2.31. The van der Waals surface area contributed by atoms with Crippen LogP contribution in [0.5, 0.6) is 5.75 Å². The molecule has 15 heteroatoms. The monoisotopic (exact) mass is 620 g/mol. The van der Waals surface area contributed by atoms with E-state index in [4.69, 9.17) is 12.2 Å². The van der Waals surface area contributed by atoms with Gasteiger partial charge in [-0.05, 0) is 66.7 Å². The van der Waals surface area contributed by atoms with Crippen molar-refractivity contribution in [3.05, 3.63) is 89.7 Å². The molecule has 1 aliphatic heterocycles. The SMILES string of the molecule is Cc1ccc(C#N)c(N2C(=O)CSC2=NC(=S)N/N=C/c2ccc(-c3ncn(-c4ccc(OC(F)(F)F)cc4)n3)cc2)c1. The average molecular weight is 621 g/mol. The first-order valence-corrected chi connectivity index (χ1v) is 13.8. The molecule has 0 spiro atoms. The third kappa shape index (κ3) is 7.23. The van der Waals surface area contributed by atoms with E-state index >= 15 is 0 Å². The summed E-state index contributed by atoms with van der Waals surface area (Å²) in [5.74, 6) is 0.0506. The second kappa shape index (κ2) is 12.4. The number of aliphatic imine (C=N–C) groups is 1. The zero-order valence-corrected chi connectivity index (χ0v) is 23.7. The van der Waals surface area contributed by atoms with E-state index in [2.05, 4.69) is 36.4 Å². The van der Waals surface area contributed by atoms with E-state index in [9.17, 15) is 23.2 Å². The number of carbonyl (C=O) groups is 1. The summed E-state index contributed by atoms with van der Waals surface area (Å²) < 4.78 is 42.5. The molecule has 1 fully saturated rings. The van der Waals surface area contributed by atoms with Gasteiger partial charge in [0.2, 0.25) is 11.0 Å². The number of nitrogens with zero attached hydrogens (tertiary/aromatic N) is 7. The molecule has 0 bridgehead atoms. The number of thioether (sulfide) groups is 1. The van der Waals surface area contributed by atoms with Crippen molar-refractivity contribution in [2.24, 2.45) is 10.1 Å². The van der Waals surface area contributed by atoms with Crippen LogP contribution >= 0.6 is 24.0 Å². The summed E-state index contributed by atoms with van der Waals surface area (Å²) in [6.07, 6.45) is -1.78. The minimum absolute atomic E-state index is 0.0361. The van der Waals surface area contributed by atoms with Gasteiger partial charge in [-0.2, -0.15) is 15.4 Å². The number of aryl methyl sites for hydroxylation is 1. The molecule has 0 saturated carbocycles. The first-order chi connectivity index (χ1) is 20.6. The number of aromatic nitrogens is 3. The lowest BCUT2D eigenvalue weighted by Gasteiger charge is -2.18. The van der Waals surface area contributed by atoms with E-state index in [0.717, 1.165) is 11.1 Å². The second-order valence-corrected chi connectivity index (χ2v) is 10.2. The molecule has 0 atom stereocenters. The van der Waals surface area contributed by atoms with Crippen molar-refractivity contribution in [2.75, 3.05) is 10.7 Å². The van der Waals surface area contributed by atoms with Crippen molar-refractivity contribution in [3.63, 3.8) is 0 Å². The number of amidine groups is 1. The predicted molar refractivity (Wildman–Crippen MR) is 160 cm³/mol. The van der Waals surface area contributed by atoms with Crippen LogP contribution in [-0.4, -0.2) is 49.3 Å². The standard InChI is InChI=1S/C28H19F3N8O2S2/c1-17-2-5-20(13-32)23(12-17)39-24(40)15-43-27(39)35-26(42)36-34-14-18-3-6-19(7-4-18)25-33-16-38(37-25)21-8-10-22(11-9-21)41-28(29,30)31/h2-12,14,16H,15H2,1H3,(H,36,42)/b34-14+,35-27?. The second-order valence-electron chi connectivity index (χ2n) is 8.90. The van der Waals surface area contributed by atoms with Gasteiger partial charge < -0.3 is 4.74 Å². The van der Waals surface area contributed by atoms with E-state index < -0.39 is 6.36 Å². The highest BCUT2D eigenvalue weighted by molar-refractivity contribution is 8.15. The molecule has 5 rings (SSSR count). The van der Waals surface area contributed by atoms with Crippen LogP contribution in [0.25, 0.3) is 17.1 Å². The van der Waals surface area contributed by atoms with Gasteiger partial charge in [-0.3, -0.25) is 15.1 Å². The van der Waals surface area contributed by atoms with Crippen molar-refractivity contribution < 1.29 is 22.7 Å². The van der Waals surface area contributed by atoms with E-state index in [1.807, 2.05) is 6.92 Å². The summed E-state index contributed by atoms with van der Waals surface area (Å²) in [7, 11) is 0.